The van der Waals surface area contributed by atoms with Gasteiger partial charge in [-0.25, -0.2) is 4.98 Å². The monoisotopic (exact) mass is 447 g/mol. The zero-order valence-corrected chi connectivity index (χ0v) is 18.7. The van der Waals surface area contributed by atoms with Crippen LogP contribution in [0, 0.1) is 0 Å². The van der Waals surface area contributed by atoms with Crippen molar-refractivity contribution >= 4 is 17.6 Å². The third-order valence-corrected chi connectivity index (χ3v) is 5.61. The highest BCUT2D eigenvalue weighted by Gasteiger charge is 2.35. The Balaban J connectivity index is 1.72. The number of carbonyl (C=O) groups is 2. The van der Waals surface area contributed by atoms with Crippen LogP contribution in [0.3, 0.4) is 0 Å². The molecule has 0 bridgehead atoms. The van der Waals surface area contributed by atoms with Crippen LogP contribution >= 0.6 is 0 Å². The molecule has 1 aliphatic rings. The molecule has 3 aromatic rings. The number of aromatic nitrogens is 1. The molecule has 1 aliphatic heterocycles. The van der Waals surface area contributed by atoms with Crippen LogP contribution in [0.15, 0.2) is 60.8 Å². The number of nitrogens with one attached hydrogen (secondary N) is 1. The minimum atomic E-state index is -0.567. The van der Waals surface area contributed by atoms with Crippen molar-refractivity contribution in [2.45, 2.75) is 19.0 Å². The lowest BCUT2D eigenvalue weighted by Crippen LogP contribution is -2.32. The van der Waals surface area contributed by atoms with E-state index in [1.54, 1.807) is 47.5 Å². The van der Waals surface area contributed by atoms with Gasteiger partial charge in [0.1, 0.15) is 5.82 Å². The maximum atomic E-state index is 13.3. The molecule has 1 aromatic heterocycles. The molecule has 2 amide bonds. The van der Waals surface area contributed by atoms with E-state index < -0.39 is 6.04 Å². The van der Waals surface area contributed by atoms with Gasteiger partial charge in [-0.1, -0.05) is 24.3 Å². The van der Waals surface area contributed by atoms with E-state index in [1.165, 1.54) is 21.3 Å². The molecule has 1 N–H and O–H groups in total. The van der Waals surface area contributed by atoms with Gasteiger partial charge in [0.05, 0.1) is 33.8 Å². The minimum absolute atomic E-state index is 0.0228. The van der Waals surface area contributed by atoms with Gasteiger partial charge in [0, 0.05) is 18.3 Å². The van der Waals surface area contributed by atoms with Crippen molar-refractivity contribution in [1.29, 1.82) is 0 Å². The molecule has 2 heterocycles. The Labute approximate surface area is 192 Å². The summed E-state index contributed by atoms with van der Waals surface area (Å²) in [6.45, 7) is 0.396. The Morgan fingerprint density at radius 2 is 1.73 bits per heavy atom. The summed E-state index contributed by atoms with van der Waals surface area (Å²) in [5.74, 6) is 1.39. The Bertz CT molecular complexity index is 1140. The van der Waals surface area contributed by atoms with Crippen LogP contribution in [0.5, 0.6) is 17.2 Å². The van der Waals surface area contributed by atoms with Crippen molar-refractivity contribution in [3.63, 3.8) is 0 Å². The first-order chi connectivity index (χ1) is 16.0. The molecule has 0 unspecified atom stereocenters. The van der Waals surface area contributed by atoms with E-state index in [-0.39, 0.29) is 18.2 Å². The second kappa shape index (κ2) is 9.60. The Hall–Kier alpha value is -4.07. The number of nitrogens with zero attached hydrogens (tertiary/aromatic N) is 2. The van der Waals surface area contributed by atoms with Crippen molar-refractivity contribution in [1.82, 2.24) is 9.88 Å². The Morgan fingerprint density at radius 3 is 2.33 bits per heavy atom. The Morgan fingerprint density at radius 1 is 1.03 bits per heavy atom. The Kier molecular flexibility index (Phi) is 6.44. The maximum Gasteiger partial charge on any atom is 0.255 e. The fourth-order valence-corrected chi connectivity index (χ4v) is 4.04. The molecule has 0 fully saturated rings. The number of rotatable bonds is 8. The van der Waals surface area contributed by atoms with Gasteiger partial charge in [0.2, 0.25) is 11.7 Å². The van der Waals surface area contributed by atoms with Gasteiger partial charge in [-0.3, -0.25) is 9.59 Å². The molecule has 33 heavy (non-hydrogen) atoms. The highest BCUT2D eigenvalue weighted by atomic mass is 16.5. The summed E-state index contributed by atoms with van der Waals surface area (Å²) < 4.78 is 16.4. The SMILES string of the molecule is COc1cc([C@H](CC(=O)Nc2ccccn2)N2Cc3ccccc3C2=O)cc(OC)c1OC. The molecule has 8 nitrogen and oxygen atoms in total. The topological polar surface area (TPSA) is 90.0 Å². The van der Waals surface area contributed by atoms with Gasteiger partial charge >= 0.3 is 0 Å². The number of carbonyl (C=O) groups excluding carboxylic acids is 2. The van der Waals surface area contributed by atoms with Crippen LogP contribution in [0.1, 0.15) is 33.9 Å². The molecule has 0 radical (unpaired) electrons. The summed E-state index contributed by atoms with van der Waals surface area (Å²) in [5.41, 5.74) is 2.26. The molecule has 0 saturated heterocycles. The predicted molar refractivity (Wildman–Crippen MR) is 123 cm³/mol. The van der Waals surface area contributed by atoms with Crippen molar-refractivity contribution in [3.8, 4) is 17.2 Å². The van der Waals surface area contributed by atoms with Gasteiger partial charge in [0.15, 0.2) is 11.5 Å². The number of hydrogen-bond donors (Lipinski definition) is 1. The lowest BCUT2D eigenvalue weighted by molar-refractivity contribution is -0.117. The van der Waals surface area contributed by atoms with Crippen molar-refractivity contribution in [2.24, 2.45) is 0 Å². The van der Waals surface area contributed by atoms with Gasteiger partial charge in [-0.2, -0.15) is 0 Å². The number of pyridine rings is 1. The van der Waals surface area contributed by atoms with Crippen LogP contribution in [0.25, 0.3) is 0 Å². The standard InChI is InChI=1S/C25H25N3O5/c1-31-20-12-17(13-21(32-2)24(20)33-3)19(14-23(29)27-22-10-6-7-11-26-22)28-15-16-8-4-5-9-18(16)25(28)30/h4-13,19H,14-15H2,1-3H3,(H,26,27,29)/t19-/m0/s1. The summed E-state index contributed by atoms with van der Waals surface area (Å²) in [5, 5.41) is 2.81. The first kappa shape index (κ1) is 22.1. The number of benzene rings is 2. The molecular formula is C25H25N3O5. The van der Waals surface area contributed by atoms with Crippen LogP contribution in [-0.4, -0.2) is 43.0 Å². The molecule has 0 spiro atoms. The molecule has 4 rings (SSSR count). The first-order valence-electron chi connectivity index (χ1n) is 10.4. The normalized spacial score (nSPS) is 13.3. The number of methoxy groups -OCH3 is 3. The number of ether oxygens (including phenoxy) is 3. The quantitative estimate of drug-likeness (QED) is 0.564. The zero-order valence-electron chi connectivity index (χ0n) is 18.7. The van der Waals surface area contributed by atoms with Gasteiger partial charge in [0.25, 0.3) is 5.91 Å². The van der Waals surface area contributed by atoms with Crippen molar-refractivity contribution < 1.29 is 23.8 Å². The lowest BCUT2D eigenvalue weighted by Gasteiger charge is -2.29. The predicted octanol–water partition coefficient (Wildman–Crippen LogP) is 3.83. The maximum absolute atomic E-state index is 13.3. The van der Waals surface area contributed by atoms with Crippen LogP contribution in [0.4, 0.5) is 5.82 Å². The number of fused-ring (bicyclic) bond motifs is 1. The summed E-state index contributed by atoms with van der Waals surface area (Å²) in [4.78, 5) is 32.1. The molecule has 0 saturated carbocycles. The van der Waals surface area contributed by atoms with E-state index in [4.69, 9.17) is 14.2 Å². The molecule has 1 atom stereocenters. The molecule has 170 valence electrons. The van der Waals surface area contributed by atoms with Crippen LogP contribution in [0.2, 0.25) is 0 Å². The second-order valence-electron chi connectivity index (χ2n) is 7.53. The second-order valence-corrected chi connectivity index (χ2v) is 7.53. The summed E-state index contributed by atoms with van der Waals surface area (Å²) in [6.07, 6.45) is 1.63. The summed E-state index contributed by atoms with van der Waals surface area (Å²) >= 11 is 0. The van der Waals surface area contributed by atoms with Gasteiger partial charge < -0.3 is 24.4 Å². The molecule has 2 aromatic carbocycles. The van der Waals surface area contributed by atoms with E-state index in [0.29, 0.717) is 40.7 Å². The number of amides is 2. The van der Waals surface area contributed by atoms with E-state index in [0.717, 1.165) is 5.56 Å². The average molecular weight is 447 g/mol. The highest BCUT2D eigenvalue weighted by molar-refractivity contribution is 5.99. The van der Waals surface area contributed by atoms with E-state index >= 15 is 0 Å². The molecule has 8 heteroatoms. The summed E-state index contributed by atoms with van der Waals surface area (Å²) in [6, 6.07) is 15.7. The van der Waals surface area contributed by atoms with Gasteiger partial charge in [-0.15, -0.1) is 0 Å². The van der Waals surface area contributed by atoms with Crippen molar-refractivity contribution in [3.05, 3.63) is 77.5 Å². The van der Waals surface area contributed by atoms with Crippen LogP contribution in [-0.2, 0) is 11.3 Å². The smallest absolute Gasteiger partial charge is 0.255 e. The minimum Gasteiger partial charge on any atom is -0.493 e. The molecule has 0 aliphatic carbocycles. The number of hydrogen-bond acceptors (Lipinski definition) is 6. The third kappa shape index (κ3) is 4.45. The fraction of sp³-hybridized carbons (Fsp3) is 0.240. The average Bonchev–Trinajstić information content (AvgIpc) is 3.18. The van der Waals surface area contributed by atoms with E-state index in [2.05, 4.69) is 10.3 Å². The highest BCUT2D eigenvalue weighted by Crippen LogP contribution is 2.43. The van der Waals surface area contributed by atoms with Gasteiger partial charge in [-0.05, 0) is 41.5 Å². The van der Waals surface area contributed by atoms with E-state index in [1.807, 2.05) is 18.2 Å². The first-order valence-corrected chi connectivity index (χ1v) is 10.4. The van der Waals surface area contributed by atoms with Crippen LogP contribution < -0.4 is 19.5 Å². The number of anilines is 1. The largest absolute Gasteiger partial charge is 0.493 e. The summed E-state index contributed by atoms with van der Waals surface area (Å²) in [7, 11) is 4.58. The molecular weight excluding hydrogens is 422 g/mol. The third-order valence-electron chi connectivity index (χ3n) is 5.61. The fourth-order valence-electron chi connectivity index (χ4n) is 4.04. The zero-order chi connectivity index (χ0) is 23.4. The lowest BCUT2D eigenvalue weighted by atomic mass is 10.00. The van der Waals surface area contributed by atoms with Crippen molar-refractivity contribution in [2.75, 3.05) is 26.6 Å². The van der Waals surface area contributed by atoms with E-state index in [9.17, 15) is 9.59 Å².